The van der Waals surface area contributed by atoms with E-state index in [0.717, 1.165) is 11.3 Å². The van der Waals surface area contributed by atoms with Gasteiger partial charge in [0.05, 0.1) is 0 Å². The standard InChI is InChI=1S/C14H14OS/c15-14(13-9-5-2-6-10-13)16-11-12-7-3-1-4-8-12/h1-10,14-15H,11H2. The molecule has 1 N–H and O–H groups in total. The van der Waals surface area contributed by atoms with E-state index in [1.807, 2.05) is 48.5 Å². The van der Waals surface area contributed by atoms with E-state index < -0.39 is 5.44 Å². The van der Waals surface area contributed by atoms with Gasteiger partial charge in [-0.3, -0.25) is 0 Å². The molecule has 16 heavy (non-hydrogen) atoms. The molecule has 2 aromatic carbocycles. The first-order valence-electron chi connectivity index (χ1n) is 5.25. The van der Waals surface area contributed by atoms with Crippen molar-refractivity contribution in [1.29, 1.82) is 0 Å². The first kappa shape index (κ1) is 11.2. The van der Waals surface area contributed by atoms with Crippen LogP contribution in [-0.4, -0.2) is 5.11 Å². The third kappa shape index (κ3) is 3.12. The molecular formula is C14H14OS. The normalized spacial score (nSPS) is 12.3. The molecular weight excluding hydrogens is 216 g/mol. The average Bonchev–Trinajstić information content (AvgIpc) is 2.38. The third-order valence-electron chi connectivity index (χ3n) is 2.34. The highest BCUT2D eigenvalue weighted by atomic mass is 32.2. The fraction of sp³-hybridized carbons (Fsp3) is 0.143. The molecule has 0 fully saturated rings. The molecule has 0 spiro atoms. The highest BCUT2D eigenvalue weighted by Crippen LogP contribution is 2.28. The van der Waals surface area contributed by atoms with Crippen molar-refractivity contribution in [1.82, 2.24) is 0 Å². The molecule has 0 aromatic heterocycles. The molecule has 0 aliphatic carbocycles. The number of rotatable bonds is 4. The summed E-state index contributed by atoms with van der Waals surface area (Å²) in [4.78, 5) is 0. The van der Waals surface area contributed by atoms with E-state index in [4.69, 9.17) is 0 Å². The monoisotopic (exact) mass is 230 g/mol. The van der Waals surface area contributed by atoms with Gasteiger partial charge in [0.1, 0.15) is 5.44 Å². The van der Waals surface area contributed by atoms with Crippen LogP contribution >= 0.6 is 11.8 Å². The van der Waals surface area contributed by atoms with Crippen LogP contribution in [0, 0.1) is 0 Å². The van der Waals surface area contributed by atoms with Gasteiger partial charge in [-0.15, -0.1) is 11.8 Å². The van der Waals surface area contributed by atoms with Gasteiger partial charge in [-0.25, -0.2) is 0 Å². The van der Waals surface area contributed by atoms with Gasteiger partial charge in [-0.2, -0.15) is 0 Å². The molecule has 1 nitrogen and oxygen atoms in total. The van der Waals surface area contributed by atoms with Crippen molar-refractivity contribution in [2.75, 3.05) is 0 Å². The SMILES string of the molecule is OC(SCc1ccccc1)c1ccccc1. The van der Waals surface area contributed by atoms with Crippen LogP contribution in [0.4, 0.5) is 0 Å². The van der Waals surface area contributed by atoms with E-state index in [9.17, 15) is 5.11 Å². The van der Waals surface area contributed by atoms with Gasteiger partial charge in [0, 0.05) is 5.75 Å². The molecule has 0 aliphatic heterocycles. The van der Waals surface area contributed by atoms with E-state index in [1.165, 1.54) is 17.3 Å². The minimum Gasteiger partial charge on any atom is -0.378 e. The van der Waals surface area contributed by atoms with Crippen molar-refractivity contribution in [3.8, 4) is 0 Å². The largest absolute Gasteiger partial charge is 0.378 e. The number of aliphatic hydroxyl groups excluding tert-OH is 1. The van der Waals surface area contributed by atoms with Gasteiger partial charge >= 0.3 is 0 Å². The van der Waals surface area contributed by atoms with Gasteiger partial charge in [-0.05, 0) is 11.1 Å². The summed E-state index contributed by atoms with van der Waals surface area (Å²) in [5.41, 5.74) is 1.76. The van der Waals surface area contributed by atoms with Crippen LogP contribution in [0.3, 0.4) is 0 Å². The Balaban J connectivity index is 1.92. The van der Waals surface area contributed by atoms with Crippen LogP contribution in [0.1, 0.15) is 16.6 Å². The fourth-order valence-electron chi connectivity index (χ4n) is 1.46. The molecule has 1 unspecified atom stereocenters. The smallest absolute Gasteiger partial charge is 0.125 e. The zero-order chi connectivity index (χ0) is 11.2. The minimum atomic E-state index is -0.443. The summed E-state index contributed by atoms with van der Waals surface area (Å²) in [6.07, 6.45) is 0. The number of hydrogen-bond donors (Lipinski definition) is 1. The summed E-state index contributed by atoms with van der Waals surface area (Å²) < 4.78 is 0. The molecule has 2 heteroatoms. The highest BCUT2D eigenvalue weighted by molar-refractivity contribution is 7.98. The number of aliphatic hydroxyl groups is 1. The Bertz CT molecular complexity index is 413. The second-order valence-corrected chi connectivity index (χ2v) is 4.63. The Kier molecular flexibility index (Phi) is 4.03. The molecule has 0 amide bonds. The molecule has 2 rings (SSSR count). The lowest BCUT2D eigenvalue weighted by Gasteiger charge is -2.10. The number of benzene rings is 2. The molecule has 82 valence electrons. The molecule has 0 bridgehead atoms. The molecule has 0 saturated heterocycles. The lowest BCUT2D eigenvalue weighted by molar-refractivity contribution is 0.270. The summed E-state index contributed by atoms with van der Waals surface area (Å²) in [5.74, 6) is 0.830. The summed E-state index contributed by atoms with van der Waals surface area (Å²) >= 11 is 1.54. The maximum Gasteiger partial charge on any atom is 0.125 e. The maximum absolute atomic E-state index is 9.94. The Hall–Kier alpha value is -1.25. The number of thioether (sulfide) groups is 1. The van der Waals surface area contributed by atoms with Gasteiger partial charge in [-0.1, -0.05) is 60.7 Å². The van der Waals surface area contributed by atoms with Crippen molar-refractivity contribution < 1.29 is 5.11 Å². The highest BCUT2D eigenvalue weighted by Gasteiger charge is 2.06. The van der Waals surface area contributed by atoms with Crippen LogP contribution in [0.2, 0.25) is 0 Å². The zero-order valence-corrected chi connectivity index (χ0v) is 9.73. The van der Waals surface area contributed by atoms with E-state index in [0.29, 0.717) is 0 Å². The lowest BCUT2D eigenvalue weighted by Crippen LogP contribution is -1.92. The van der Waals surface area contributed by atoms with Crippen molar-refractivity contribution >= 4 is 11.8 Å². The topological polar surface area (TPSA) is 20.2 Å². The van der Waals surface area contributed by atoms with Crippen LogP contribution < -0.4 is 0 Å². The van der Waals surface area contributed by atoms with E-state index in [1.54, 1.807) is 0 Å². The molecule has 0 radical (unpaired) electrons. The third-order valence-corrected chi connectivity index (χ3v) is 3.42. The maximum atomic E-state index is 9.94. The van der Waals surface area contributed by atoms with Gasteiger partial charge in [0.15, 0.2) is 0 Å². The van der Waals surface area contributed by atoms with Crippen molar-refractivity contribution in [2.45, 2.75) is 11.2 Å². The summed E-state index contributed by atoms with van der Waals surface area (Å²) in [5, 5.41) is 9.94. The molecule has 2 aromatic rings. The lowest BCUT2D eigenvalue weighted by atomic mass is 10.2. The van der Waals surface area contributed by atoms with Gasteiger partial charge < -0.3 is 5.11 Å². The number of hydrogen-bond acceptors (Lipinski definition) is 2. The van der Waals surface area contributed by atoms with Gasteiger partial charge in [0.2, 0.25) is 0 Å². The predicted molar refractivity (Wildman–Crippen MR) is 69.1 cm³/mol. The van der Waals surface area contributed by atoms with Crippen LogP contribution in [0.15, 0.2) is 60.7 Å². The van der Waals surface area contributed by atoms with Crippen LogP contribution in [0.25, 0.3) is 0 Å². The average molecular weight is 230 g/mol. The Morgan fingerprint density at radius 1 is 0.875 bits per heavy atom. The summed E-state index contributed by atoms with van der Waals surface area (Å²) in [7, 11) is 0. The quantitative estimate of drug-likeness (QED) is 0.810. The zero-order valence-electron chi connectivity index (χ0n) is 8.91. The van der Waals surface area contributed by atoms with E-state index in [2.05, 4.69) is 12.1 Å². The first-order chi connectivity index (χ1) is 7.86. The van der Waals surface area contributed by atoms with E-state index in [-0.39, 0.29) is 0 Å². The Labute approximate surface area is 100 Å². The Morgan fingerprint density at radius 2 is 1.44 bits per heavy atom. The summed E-state index contributed by atoms with van der Waals surface area (Å²) in [6, 6.07) is 19.9. The molecule has 1 atom stereocenters. The van der Waals surface area contributed by atoms with Crippen molar-refractivity contribution in [3.63, 3.8) is 0 Å². The van der Waals surface area contributed by atoms with Crippen molar-refractivity contribution in [2.24, 2.45) is 0 Å². The van der Waals surface area contributed by atoms with E-state index >= 15 is 0 Å². The Morgan fingerprint density at radius 3 is 2.06 bits per heavy atom. The first-order valence-corrected chi connectivity index (χ1v) is 6.29. The minimum absolute atomic E-state index is 0.443. The summed E-state index contributed by atoms with van der Waals surface area (Å²) in [6.45, 7) is 0. The predicted octanol–water partition coefficient (Wildman–Crippen LogP) is 3.61. The van der Waals surface area contributed by atoms with Crippen molar-refractivity contribution in [3.05, 3.63) is 71.8 Å². The fourth-order valence-corrected chi connectivity index (χ4v) is 2.36. The second kappa shape index (κ2) is 5.73. The van der Waals surface area contributed by atoms with Crippen LogP contribution in [-0.2, 0) is 5.75 Å². The van der Waals surface area contributed by atoms with Gasteiger partial charge in [0.25, 0.3) is 0 Å². The second-order valence-electron chi connectivity index (χ2n) is 3.56. The molecule has 0 aliphatic rings. The van der Waals surface area contributed by atoms with Crippen LogP contribution in [0.5, 0.6) is 0 Å². The molecule has 0 heterocycles. The molecule has 0 saturated carbocycles.